The third-order valence-corrected chi connectivity index (χ3v) is 3.83. The van der Waals surface area contributed by atoms with Gasteiger partial charge in [-0.3, -0.25) is 4.79 Å². The van der Waals surface area contributed by atoms with Gasteiger partial charge in [-0.05, 0) is 25.0 Å². The van der Waals surface area contributed by atoms with Gasteiger partial charge in [0, 0.05) is 19.3 Å². The number of aromatic nitrogens is 1. The van der Waals surface area contributed by atoms with Gasteiger partial charge in [0.2, 0.25) is 5.91 Å². The highest BCUT2D eigenvalue weighted by molar-refractivity contribution is 6.30. The number of rotatable bonds is 1. The van der Waals surface area contributed by atoms with E-state index < -0.39 is 0 Å². The molecule has 1 amide bonds. The molecule has 17 heavy (non-hydrogen) atoms. The molecule has 0 radical (unpaired) electrons. The Balaban J connectivity index is 1.87. The van der Waals surface area contributed by atoms with Crippen molar-refractivity contribution in [2.24, 2.45) is 5.92 Å². The van der Waals surface area contributed by atoms with Crippen LogP contribution < -0.4 is 10.2 Å². The minimum Gasteiger partial charge on any atom is -0.354 e. The maximum Gasteiger partial charge on any atom is 0.225 e. The molecule has 0 aliphatic carbocycles. The number of halogens is 1. The predicted molar refractivity (Wildman–Crippen MR) is 66.1 cm³/mol. The van der Waals surface area contributed by atoms with E-state index in [1.165, 1.54) is 0 Å². The minimum atomic E-state index is 0.126. The van der Waals surface area contributed by atoms with Crippen LogP contribution in [0.5, 0.6) is 0 Å². The van der Waals surface area contributed by atoms with Crippen molar-refractivity contribution >= 4 is 23.3 Å². The van der Waals surface area contributed by atoms with Crippen LogP contribution in [0.4, 0.5) is 5.82 Å². The molecule has 2 atom stereocenters. The third kappa shape index (κ3) is 1.86. The first kappa shape index (κ1) is 10.8. The van der Waals surface area contributed by atoms with E-state index in [4.69, 9.17) is 11.6 Å². The van der Waals surface area contributed by atoms with Crippen molar-refractivity contribution in [1.82, 2.24) is 10.3 Å². The second kappa shape index (κ2) is 4.18. The number of nitrogens with one attached hydrogen (secondary N) is 1. The molecule has 0 aromatic carbocycles. The van der Waals surface area contributed by atoms with Crippen LogP contribution in [0.25, 0.3) is 0 Å². The molecule has 4 nitrogen and oxygen atoms in total. The van der Waals surface area contributed by atoms with Gasteiger partial charge in [-0.25, -0.2) is 4.98 Å². The van der Waals surface area contributed by atoms with E-state index in [0.29, 0.717) is 5.02 Å². The summed E-state index contributed by atoms with van der Waals surface area (Å²) in [6.07, 6.45) is 3.68. The Morgan fingerprint density at radius 3 is 3.12 bits per heavy atom. The largest absolute Gasteiger partial charge is 0.354 e. The van der Waals surface area contributed by atoms with Crippen molar-refractivity contribution in [2.75, 3.05) is 18.0 Å². The summed E-state index contributed by atoms with van der Waals surface area (Å²) in [4.78, 5) is 18.2. The SMILES string of the molecule is O=C1NCC2C1CCCN2c1ccc(Cl)cn1. The van der Waals surface area contributed by atoms with Crippen LogP contribution in [-0.4, -0.2) is 30.0 Å². The van der Waals surface area contributed by atoms with Crippen LogP contribution in [-0.2, 0) is 4.79 Å². The van der Waals surface area contributed by atoms with Gasteiger partial charge in [0.25, 0.3) is 0 Å². The molecule has 1 N–H and O–H groups in total. The zero-order valence-electron chi connectivity index (χ0n) is 9.40. The zero-order chi connectivity index (χ0) is 11.8. The van der Waals surface area contributed by atoms with Crippen molar-refractivity contribution in [3.8, 4) is 0 Å². The van der Waals surface area contributed by atoms with Crippen LogP contribution in [0.15, 0.2) is 18.3 Å². The Labute approximate surface area is 105 Å². The maximum absolute atomic E-state index is 11.7. The Morgan fingerprint density at radius 2 is 2.35 bits per heavy atom. The number of carbonyl (C=O) groups excluding carboxylic acids is 1. The predicted octanol–water partition coefficient (Wildman–Crippen LogP) is 1.45. The Morgan fingerprint density at radius 1 is 1.47 bits per heavy atom. The number of hydrogen-bond acceptors (Lipinski definition) is 3. The number of nitrogens with zero attached hydrogens (tertiary/aromatic N) is 2. The molecule has 1 aromatic rings. The standard InChI is InChI=1S/C12H14ClN3O/c13-8-3-4-11(14-6-8)16-5-1-2-9-10(16)7-15-12(9)17/h3-4,6,9-10H,1-2,5,7H2,(H,15,17). The highest BCUT2D eigenvalue weighted by Crippen LogP contribution is 2.30. The van der Waals surface area contributed by atoms with Gasteiger partial charge in [-0.2, -0.15) is 0 Å². The molecule has 1 aromatic heterocycles. The zero-order valence-corrected chi connectivity index (χ0v) is 10.2. The van der Waals surface area contributed by atoms with E-state index in [9.17, 15) is 4.79 Å². The second-order valence-corrected chi connectivity index (χ2v) is 5.03. The lowest BCUT2D eigenvalue weighted by atomic mass is 9.91. The van der Waals surface area contributed by atoms with Crippen LogP contribution in [0.3, 0.4) is 0 Å². The monoisotopic (exact) mass is 251 g/mol. The fourth-order valence-corrected chi connectivity index (χ4v) is 2.89. The molecule has 5 heteroatoms. The number of anilines is 1. The number of fused-ring (bicyclic) bond motifs is 1. The third-order valence-electron chi connectivity index (χ3n) is 3.61. The van der Waals surface area contributed by atoms with Gasteiger partial charge in [-0.15, -0.1) is 0 Å². The highest BCUT2D eigenvalue weighted by Gasteiger charge is 2.41. The van der Waals surface area contributed by atoms with E-state index in [2.05, 4.69) is 15.2 Å². The quantitative estimate of drug-likeness (QED) is 0.822. The molecular weight excluding hydrogens is 238 g/mol. The summed E-state index contributed by atoms with van der Waals surface area (Å²) < 4.78 is 0. The molecule has 2 unspecified atom stereocenters. The second-order valence-electron chi connectivity index (χ2n) is 4.59. The summed E-state index contributed by atoms with van der Waals surface area (Å²) >= 11 is 5.84. The van der Waals surface area contributed by atoms with Crippen molar-refractivity contribution in [1.29, 1.82) is 0 Å². The molecule has 0 bridgehead atoms. The number of hydrogen-bond donors (Lipinski definition) is 1. The summed E-state index contributed by atoms with van der Waals surface area (Å²) in [5.41, 5.74) is 0. The Bertz CT molecular complexity index is 434. The Hall–Kier alpha value is -1.29. The van der Waals surface area contributed by atoms with Gasteiger partial charge in [0.15, 0.2) is 0 Å². The number of pyridine rings is 1. The lowest BCUT2D eigenvalue weighted by Crippen LogP contribution is -2.46. The first-order chi connectivity index (χ1) is 8.25. The van der Waals surface area contributed by atoms with Gasteiger partial charge in [0.1, 0.15) is 5.82 Å². The molecule has 2 saturated heterocycles. The van der Waals surface area contributed by atoms with Gasteiger partial charge >= 0.3 is 0 Å². The summed E-state index contributed by atoms with van der Waals surface area (Å²) in [7, 11) is 0. The molecule has 2 aliphatic heterocycles. The van der Waals surface area contributed by atoms with E-state index in [1.807, 2.05) is 12.1 Å². The number of amides is 1. The van der Waals surface area contributed by atoms with Gasteiger partial charge in [-0.1, -0.05) is 11.6 Å². The van der Waals surface area contributed by atoms with Gasteiger partial charge < -0.3 is 10.2 Å². The van der Waals surface area contributed by atoms with Crippen molar-refractivity contribution < 1.29 is 4.79 Å². The van der Waals surface area contributed by atoms with E-state index >= 15 is 0 Å². The number of carbonyl (C=O) groups is 1. The first-order valence-corrected chi connectivity index (χ1v) is 6.29. The fraction of sp³-hybridized carbons (Fsp3) is 0.500. The summed E-state index contributed by atoms with van der Waals surface area (Å²) in [6.45, 7) is 1.69. The van der Waals surface area contributed by atoms with Crippen LogP contribution in [0.1, 0.15) is 12.8 Å². The molecule has 3 heterocycles. The number of piperidine rings is 1. The fourth-order valence-electron chi connectivity index (χ4n) is 2.77. The van der Waals surface area contributed by atoms with Crippen molar-refractivity contribution in [3.63, 3.8) is 0 Å². The van der Waals surface area contributed by atoms with Crippen LogP contribution in [0, 0.1) is 5.92 Å². The lowest BCUT2D eigenvalue weighted by Gasteiger charge is -2.36. The van der Waals surface area contributed by atoms with Crippen LogP contribution in [0.2, 0.25) is 5.02 Å². The van der Waals surface area contributed by atoms with Crippen molar-refractivity contribution in [3.05, 3.63) is 23.4 Å². The maximum atomic E-state index is 11.7. The average Bonchev–Trinajstić information content (AvgIpc) is 2.73. The molecule has 90 valence electrons. The van der Waals surface area contributed by atoms with E-state index in [-0.39, 0.29) is 17.9 Å². The van der Waals surface area contributed by atoms with Crippen molar-refractivity contribution in [2.45, 2.75) is 18.9 Å². The van der Waals surface area contributed by atoms with E-state index in [0.717, 1.165) is 31.7 Å². The lowest BCUT2D eigenvalue weighted by molar-refractivity contribution is -0.122. The summed E-state index contributed by atoms with van der Waals surface area (Å²) in [5, 5.41) is 3.58. The van der Waals surface area contributed by atoms with Crippen LogP contribution >= 0.6 is 11.6 Å². The molecule has 0 spiro atoms. The molecule has 0 saturated carbocycles. The Kier molecular flexibility index (Phi) is 2.67. The molecule has 3 rings (SSSR count). The topological polar surface area (TPSA) is 45.2 Å². The van der Waals surface area contributed by atoms with Gasteiger partial charge in [0.05, 0.1) is 17.0 Å². The average molecular weight is 252 g/mol. The van der Waals surface area contributed by atoms with E-state index in [1.54, 1.807) is 6.20 Å². The molecule has 2 fully saturated rings. The summed E-state index contributed by atoms with van der Waals surface area (Å²) in [6, 6.07) is 4.02. The minimum absolute atomic E-state index is 0.126. The smallest absolute Gasteiger partial charge is 0.225 e. The first-order valence-electron chi connectivity index (χ1n) is 5.91. The summed E-state index contributed by atoms with van der Waals surface area (Å²) in [5.74, 6) is 1.23. The molecule has 2 aliphatic rings. The molecular formula is C12H14ClN3O. The highest BCUT2D eigenvalue weighted by atomic mass is 35.5. The normalized spacial score (nSPS) is 27.8.